The van der Waals surface area contributed by atoms with Crippen LogP contribution in [0.3, 0.4) is 0 Å². The number of hydrogen-bond donors (Lipinski definition) is 2. The van der Waals surface area contributed by atoms with Crippen LogP contribution < -0.4 is 11.2 Å². The molecule has 0 heterocycles. The number of oxime groups is 1. The Morgan fingerprint density at radius 1 is 1.24 bits per heavy atom. The third-order valence-electron chi connectivity index (χ3n) is 4.82. The second kappa shape index (κ2) is 10.7. The average Bonchev–Trinajstić information content (AvgIpc) is 3.49. The summed E-state index contributed by atoms with van der Waals surface area (Å²) < 4.78 is 0. The minimum atomic E-state index is 0.321. The third kappa shape index (κ3) is 6.69. The molecule has 3 rings (SSSR count). The number of benzene rings is 2. The second-order valence-electron chi connectivity index (χ2n) is 7.57. The van der Waals surface area contributed by atoms with Gasteiger partial charge in [0.2, 0.25) is 6.41 Å². The van der Waals surface area contributed by atoms with Crippen molar-refractivity contribution in [3.05, 3.63) is 64.2 Å². The minimum Gasteiger partial charge on any atom is -0.391 e. The Bertz CT molecular complexity index is 855. The van der Waals surface area contributed by atoms with E-state index in [0.29, 0.717) is 13.0 Å². The van der Waals surface area contributed by atoms with Gasteiger partial charge in [-0.3, -0.25) is 15.6 Å². The Labute approximate surface area is 173 Å². The lowest BCUT2D eigenvalue weighted by molar-refractivity contribution is -0.105. The highest BCUT2D eigenvalue weighted by atomic mass is 16.6. The van der Waals surface area contributed by atoms with E-state index < -0.39 is 0 Å². The van der Waals surface area contributed by atoms with Crippen molar-refractivity contribution in [2.45, 2.75) is 46.1 Å². The van der Waals surface area contributed by atoms with Crippen LogP contribution >= 0.6 is 0 Å². The summed E-state index contributed by atoms with van der Waals surface area (Å²) in [5, 5.41) is 8.53. The topological polar surface area (TPSA) is 80.0 Å². The van der Waals surface area contributed by atoms with Crippen molar-refractivity contribution in [1.82, 2.24) is 5.01 Å². The summed E-state index contributed by atoms with van der Waals surface area (Å²) in [7, 11) is 3.56. The smallest absolute Gasteiger partial charge is 0.211 e. The number of nitrogens with one attached hydrogen (secondary N) is 1. The fourth-order valence-corrected chi connectivity index (χ4v) is 3.22. The highest BCUT2D eigenvalue weighted by Gasteiger charge is 2.25. The maximum absolute atomic E-state index is 10.8. The maximum Gasteiger partial charge on any atom is 0.211 e. The molecule has 1 aliphatic carbocycles. The summed E-state index contributed by atoms with van der Waals surface area (Å²) in [5.41, 5.74) is 7.51. The number of carbonyl (C=O) groups is 1. The Hall–Kier alpha value is -2.70. The molecular formula is C23H32N4O2. The maximum atomic E-state index is 10.8. The molecule has 156 valence electrons. The first kappa shape index (κ1) is 22.6. The first-order chi connectivity index (χ1) is 13.8. The van der Waals surface area contributed by atoms with Crippen molar-refractivity contribution in [1.29, 1.82) is 0 Å². The zero-order valence-electron chi connectivity index (χ0n) is 18.0. The van der Waals surface area contributed by atoms with Gasteiger partial charge in [-0.1, -0.05) is 35.5 Å². The molecule has 0 spiro atoms. The Kier molecular flexibility index (Phi) is 8.36. The van der Waals surface area contributed by atoms with E-state index >= 15 is 0 Å². The summed E-state index contributed by atoms with van der Waals surface area (Å²) in [4.78, 5) is 16.4. The van der Waals surface area contributed by atoms with Gasteiger partial charge in [0.15, 0.2) is 0 Å². The van der Waals surface area contributed by atoms with E-state index in [-0.39, 0.29) is 0 Å². The van der Waals surface area contributed by atoms with E-state index in [0.717, 1.165) is 34.0 Å². The molecule has 6 heteroatoms. The Morgan fingerprint density at radius 3 is 2.52 bits per heavy atom. The summed E-state index contributed by atoms with van der Waals surface area (Å²) in [6.07, 6.45) is 3.26. The first-order valence-electron chi connectivity index (χ1n) is 9.82. The summed E-state index contributed by atoms with van der Waals surface area (Å²) in [5.74, 6) is 5.66. The van der Waals surface area contributed by atoms with Gasteiger partial charge in [-0.05, 0) is 62.3 Å². The zero-order valence-corrected chi connectivity index (χ0v) is 18.0. The van der Waals surface area contributed by atoms with Crippen LogP contribution in [-0.4, -0.2) is 31.2 Å². The molecule has 1 saturated carbocycles. The van der Waals surface area contributed by atoms with Gasteiger partial charge in [-0.15, -0.1) is 0 Å². The number of hydrazine groups is 1. The Morgan fingerprint density at radius 2 is 1.90 bits per heavy atom. The molecule has 1 aliphatic rings. The number of aryl methyl sites for hydroxylation is 1. The SMILES string of the molecule is CC(=NOCc1c(C)cccc1NC=O)c1cccc(C2CC2)c1C.CN(C)N. The largest absolute Gasteiger partial charge is 0.391 e. The van der Waals surface area contributed by atoms with Crippen LogP contribution in [-0.2, 0) is 16.2 Å². The number of carbonyl (C=O) groups excluding carboxylic acids is 1. The van der Waals surface area contributed by atoms with Crippen LogP contribution in [0.4, 0.5) is 5.69 Å². The highest BCUT2D eigenvalue weighted by molar-refractivity contribution is 5.99. The zero-order chi connectivity index (χ0) is 21.4. The van der Waals surface area contributed by atoms with Crippen molar-refractivity contribution < 1.29 is 9.63 Å². The lowest BCUT2D eigenvalue weighted by atomic mass is 9.97. The molecule has 0 bridgehead atoms. The molecular weight excluding hydrogens is 364 g/mol. The number of nitrogens with zero attached hydrogens (tertiary/aromatic N) is 2. The van der Waals surface area contributed by atoms with Gasteiger partial charge in [-0.2, -0.15) is 0 Å². The molecule has 1 amide bonds. The molecule has 0 saturated heterocycles. The first-order valence-corrected chi connectivity index (χ1v) is 9.82. The predicted octanol–water partition coefficient (Wildman–Crippen LogP) is 4.11. The quantitative estimate of drug-likeness (QED) is 0.319. The van der Waals surface area contributed by atoms with E-state index in [9.17, 15) is 4.79 Å². The van der Waals surface area contributed by atoms with Gasteiger partial charge in [0.05, 0.1) is 5.71 Å². The molecule has 0 aliphatic heterocycles. The van der Waals surface area contributed by atoms with Gasteiger partial charge in [0.1, 0.15) is 6.61 Å². The van der Waals surface area contributed by atoms with Gasteiger partial charge in [0, 0.05) is 30.9 Å². The van der Waals surface area contributed by atoms with Crippen molar-refractivity contribution in [2.75, 3.05) is 19.4 Å². The van der Waals surface area contributed by atoms with Crippen LogP contribution in [0.2, 0.25) is 0 Å². The number of rotatable bonds is 7. The third-order valence-corrected chi connectivity index (χ3v) is 4.82. The van der Waals surface area contributed by atoms with Gasteiger partial charge < -0.3 is 10.2 Å². The van der Waals surface area contributed by atoms with Crippen molar-refractivity contribution in [3.8, 4) is 0 Å². The molecule has 2 aromatic rings. The van der Waals surface area contributed by atoms with Crippen molar-refractivity contribution in [3.63, 3.8) is 0 Å². The average molecular weight is 397 g/mol. The van der Waals surface area contributed by atoms with Crippen LogP contribution in [0, 0.1) is 13.8 Å². The van der Waals surface area contributed by atoms with Crippen LogP contribution in [0.25, 0.3) is 0 Å². The number of nitrogens with two attached hydrogens (primary N) is 1. The normalized spacial score (nSPS) is 13.6. The van der Waals surface area contributed by atoms with Gasteiger partial charge >= 0.3 is 0 Å². The summed E-state index contributed by atoms with van der Waals surface area (Å²) in [6.45, 7) is 6.45. The monoisotopic (exact) mass is 396 g/mol. The van der Waals surface area contributed by atoms with Gasteiger partial charge in [-0.25, -0.2) is 0 Å². The molecule has 0 atom stereocenters. The molecule has 0 unspecified atom stereocenters. The Balaban J connectivity index is 0.000000687. The molecule has 0 aromatic heterocycles. The lowest BCUT2D eigenvalue weighted by Crippen LogP contribution is -2.18. The molecule has 3 N–H and O–H groups in total. The summed E-state index contributed by atoms with van der Waals surface area (Å²) >= 11 is 0. The van der Waals surface area contributed by atoms with E-state index in [1.807, 2.05) is 32.0 Å². The molecule has 1 fully saturated rings. The van der Waals surface area contributed by atoms with Crippen LogP contribution in [0.1, 0.15) is 53.5 Å². The molecule has 29 heavy (non-hydrogen) atoms. The number of anilines is 1. The lowest BCUT2D eigenvalue weighted by Gasteiger charge is -2.12. The van der Waals surface area contributed by atoms with E-state index in [1.54, 1.807) is 14.1 Å². The standard InChI is InChI=1S/C21H24N2O2.C2H8N2/c1-14-6-4-9-21(22-13-24)20(14)12-25-23-16(3)18-7-5-8-19(15(18)2)17-10-11-17;1-4(2)3/h4-9,13,17H,10-12H2,1-3H3,(H,22,24);3H2,1-2H3. The molecule has 0 radical (unpaired) electrons. The highest BCUT2D eigenvalue weighted by Crippen LogP contribution is 2.42. The molecule has 2 aromatic carbocycles. The van der Waals surface area contributed by atoms with Crippen molar-refractivity contribution in [2.24, 2.45) is 11.0 Å². The van der Waals surface area contributed by atoms with E-state index in [1.165, 1.54) is 29.0 Å². The molecule has 6 nitrogen and oxygen atoms in total. The van der Waals surface area contributed by atoms with E-state index in [2.05, 4.69) is 35.6 Å². The fourth-order valence-electron chi connectivity index (χ4n) is 3.22. The predicted molar refractivity (Wildman–Crippen MR) is 119 cm³/mol. The van der Waals surface area contributed by atoms with Gasteiger partial charge in [0.25, 0.3) is 0 Å². The number of hydrogen-bond acceptors (Lipinski definition) is 5. The second-order valence-corrected chi connectivity index (χ2v) is 7.57. The number of amides is 1. The fraction of sp³-hybridized carbons (Fsp3) is 0.391. The summed E-state index contributed by atoms with van der Waals surface area (Å²) in [6, 6.07) is 12.2. The minimum absolute atomic E-state index is 0.321. The van der Waals surface area contributed by atoms with Crippen molar-refractivity contribution >= 4 is 17.8 Å². The van der Waals surface area contributed by atoms with Crippen LogP contribution in [0.5, 0.6) is 0 Å². The van der Waals surface area contributed by atoms with Crippen LogP contribution in [0.15, 0.2) is 41.6 Å². The van der Waals surface area contributed by atoms with E-state index in [4.69, 9.17) is 10.7 Å².